The summed E-state index contributed by atoms with van der Waals surface area (Å²) in [5.74, 6) is -0.226. The van der Waals surface area contributed by atoms with Gasteiger partial charge in [0.1, 0.15) is 0 Å². The minimum Gasteiger partial charge on any atom is -0.480 e. The third-order valence-corrected chi connectivity index (χ3v) is 3.43. The van der Waals surface area contributed by atoms with Crippen LogP contribution in [0.4, 0.5) is 0 Å². The largest absolute Gasteiger partial charge is 0.480 e. The summed E-state index contributed by atoms with van der Waals surface area (Å²) >= 11 is 0. The van der Waals surface area contributed by atoms with Gasteiger partial charge in [-0.2, -0.15) is 0 Å². The molecule has 0 spiro atoms. The summed E-state index contributed by atoms with van der Waals surface area (Å²) in [4.78, 5) is 12.6. The van der Waals surface area contributed by atoms with E-state index in [1.54, 1.807) is 0 Å². The van der Waals surface area contributed by atoms with Crippen molar-refractivity contribution in [2.75, 3.05) is 19.6 Å². The lowest BCUT2D eigenvalue weighted by Gasteiger charge is -2.13. The van der Waals surface area contributed by atoms with Crippen molar-refractivity contribution >= 4 is 5.97 Å². The van der Waals surface area contributed by atoms with Gasteiger partial charge in [0.25, 0.3) is 0 Å². The Balaban J connectivity index is 1.88. The second-order valence-electron chi connectivity index (χ2n) is 4.97. The van der Waals surface area contributed by atoms with Crippen LogP contribution < -0.4 is 0 Å². The summed E-state index contributed by atoms with van der Waals surface area (Å²) in [6.45, 7) is 1.95. The van der Waals surface area contributed by atoms with Gasteiger partial charge in [-0.15, -0.1) is 0 Å². The number of rotatable bonds is 5. The summed E-state index contributed by atoms with van der Waals surface area (Å²) in [6, 6.07) is 7.97. The van der Waals surface area contributed by atoms with E-state index in [-0.39, 0.29) is 13.2 Å². The van der Waals surface area contributed by atoms with Crippen LogP contribution in [0.5, 0.6) is 0 Å². The summed E-state index contributed by atoms with van der Waals surface area (Å²) in [5, 5.41) is 17.8. The fourth-order valence-electron chi connectivity index (χ4n) is 2.60. The Morgan fingerprint density at radius 1 is 1.39 bits per heavy atom. The van der Waals surface area contributed by atoms with Crippen molar-refractivity contribution in [2.45, 2.75) is 19.4 Å². The van der Waals surface area contributed by atoms with Crippen molar-refractivity contribution in [3.05, 3.63) is 35.4 Å². The molecule has 0 amide bonds. The number of aliphatic hydroxyl groups is 1. The molecular formula is C14H19NO3. The summed E-state index contributed by atoms with van der Waals surface area (Å²) in [5.41, 5.74) is 2.16. The zero-order valence-corrected chi connectivity index (χ0v) is 10.4. The van der Waals surface area contributed by atoms with Crippen molar-refractivity contribution in [3.63, 3.8) is 0 Å². The quantitative estimate of drug-likeness (QED) is 0.821. The molecule has 1 aromatic rings. The molecule has 18 heavy (non-hydrogen) atoms. The highest BCUT2D eigenvalue weighted by atomic mass is 16.4. The van der Waals surface area contributed by atoms with Gasteiger partial charge >= 0.3 is 5.97 Å². The Morgan fingerprint density at radius 2 is 2.17 bits per heavy atom. The van der Waals surface area contributed by atoms with Crippen molar-refractivity contribution in [2.24, 2.45) is 5.92 Å². The molecule has 1 aromatic carbocycles. The highest BCUT2D eigenvalue weighted by molar-refractivity contribution is 5.69. The second-order valence-corrected chi connectivity index (χ2v) is 4.97. The number of nitrogens with zero attached hydrogens (tertiary/aromatic N) is 1. The average Bonchev–Trinajstić information content (AvgIpc) is 2.76. The Bertz CT molecular complexity index is 419. The van der Waals surface area contributed by atoms with Gasteiger partial charge in [-0.1, -0.05) is 24.3 Å². The van der Waals surface area contributed by atoms with Crippen LogP contribution >= 0.6 is 0 Å². The number of aliphatic carboxylic acids is 1. The van der Waals surface area contributed by atoms with E-state index in [0.29, 0.717) is 5.92 Å². The summed E-state index contributed by atoms with van der Waals surface area (Å²) < 4.78 is 0. The van der Waals surface area contributed by atoms with Gasteiger partial charge < -0.3 is 10.2 Å². The number of hydrogen-bond acceptors (Lipinski definition) is 3. The molecule has 0 unspecified atom stereocenters. The maximum absolute atomic E-state index is 10.6. The molecule has 0 radical (unpaired) electrons. The standard InChI is InChI=1S/C14H19NO3/c16-10-13-3-1-2-11(7-13)6-12-4-5-15(8-12)9-14(17)18/h1-3,7,12,16H,4-6,8-10H2,(H,17,18)/t12-/m1/s1. The maximum Gasteiger partial charge on any atom is 0.317 e. The van der Waals surface area contributed by atoms with Crippen LogP contribution in [0.25, 0.3) is 0 Å². The molecule has 1 saturated heterocycles. The Hall–Kier alpha value is -1.39. The van der Waals surface area contributed by atoms with Crippen LogP contribution in [0.3, 0.4) is 0 Å². The average molecular weight is 249 g/mol. The lowest BCUT2D eigenvalue weighted by Crippen LogP contribution is -2.27. The first kappa shape index (κ1) is 13.1. The van der Waals surface area contributed by atoms with Crippen molar-refractivity contribution in [1.82, 2.24) is 4.90 Å². The van der Waals surface area contributed by atoms with Crippen LogP contribution in [0.15, 0.2) is 24.3 Å². The van der Waals surface area contributed by atoms with Gasteiger partial charge in [0.15, 0.2) is 0 Å². The molecule has 1 heterocycles. The summed E-state index contributed by atoms with van der Waals surface area (Å²) in [6.07, 6.45) is 2.01. The topological polar surface area (TPSA) is 60.8 Å². The molecule has 0 bridgehead atoms. The van der Waals surface area contributed by atoms with Crippen molar-refractivity contribution in [1.29, 1.82) is 0 Å². The number of carboxylic acids is 1. The predicted octanol–water partition coefficient (Wildman–Crippen LogP) is 1.13. The first-order valence-corrected chi connectivity index (χ1v) is 6.30. The Morgan fingerprint density at radius 3 is 2.89 bits per heavy atom. The third kappa shape index (κ3) is 3.55. The Labute approximate surface area is 107 Å². The fourth-order valence-corrected chi connectivity index (χ4v) is 2.60. The molecule has 0 saturated carbocycles. The van der Waals surface area contributed by atoms with Crippen molar-refractivity contribution < 1.29 is 15.0 Å². The number of likely N-dealkylation sites (tertiary alicyclic amines) is 1. The molecule has 1 atom stereocenters. The lowest BCUT2D eigenvalue weighted by atomic mass is 9.97. The highest BCUT2D eigenvalue weighted by Crippen LogP contribution is 2.21. The highest BCUT2D eigenvalue weighted by Gasteiger charge is 2.23. The van der Waals surface area contributed by atoms with Crippen LogP contribution in [-0.2, 0) is 17.8 Å². The van der Waals surface area contributed by atoms with Gasteiger partial charge in [-0.05, 0) is 36.4 Å². The molecule has 1 aliphatic heterocycles. The molecule has 2 rings (SSSR count). The van der Waals surface area contributed by atoms with E-state index in [4.69, 9.17) is 10.2 Å². The minimum absolute atomic E-state index is 0.0731. The lowest BCUT2D eigenvalue weighted by molar-refractivity contribution is -0.138. The molecule has 0 aliphatic carbocycles. The molecule has 2 N–H and O–H groups in total. The molecule has 1 aliphatic rings. The third-order valence-electron chi connectivity index (χ3n) is 3.43. The second kappa shape index (κ2) is 5.98. The number of benzene rings is 1. The van der Waals surface area contributed by atoms with Crippen LogP contribution in [0.2, 0.25) is 0 Å². The predicted molar refractivity (Wildman–Crippen MR) is 68.3 cm³/mol. The Kier molecular flexibility index (Phi) is 4.33. The van der Waals surface area contributed by atoms with Crippen LogP contribution in [0, 0.1) is 5.92 Å². The molecule has 98 valence electrons. The molecule has 1 fully saturated rings. The van der Waals surface area contributed by atoms with E-state index in [1.807, 2.05) is 23.1 Å². The number of aliphatic hydroxyl groups excluding tert-OH is 1. The van der Waals surface area contributed by atoms with Crippen LogP contribution in [-0.4, -0.2) is 40.7 Å². The SMILES string of the molecule is O=C(O)CN1CC[C@H](Cc2cccc(CO)c2)C1. The zero-order valence-electron chi connectivity index (χ0n) is 10.4. The number of carboxylic acid groups (broad SMARTS) is 1. The van der Waals surface area contributed by atoms with Gasteiger partial charge in [0.2, 0.25) is 0 Å². The minimum atomic E-state index is -0.752. The zero-order chi connectivity index (χ0) is 13.0. The normalized spacial score (nSPS) is 20.2. The van der Waals surface area contributed by atoms with E-state index in [0.717, 1.165) is 31.5 Å². The van der Waals surface area contributed by atoms with E-state index in [2.05, 4.69) is 6.07 Å². The monoisotopic (exact) mass is 249 g/mol. The van der Waals surface area contributed by atoms with E-state index in [9.17, 15) is 4.79 Å². The van der Waals surface area contributed by atoms with Gasteiger partial charge in [-0.25, -0.2) is 0 Å². The van der Waals surface area contributed by atoms with Crippen LogP contribution in [0.1, 0.15) is 17.5 Å². The molecular weight excluding hydrogens is 230 g/mol. The fraction of sp³-hybridized carbons (Fsp3) is 0.500. The van der Waals surface area contributed by atoms with E-state index >= 15 is 0 Å². The number of hydrogen-bond donors (Lipinski definition) is 2. The van der Waals surface area contributed by atoms with E-state index < -0.39 is 5.97 Å². The first-order chi connectivity index (χ1) is 8.67. The van der Waals surface area contributed by atoms with E-state index in [1.165, 1.54) is 5.56 Å². The van der Waals surface area contributed by atoms with Gasteiger partial charge in [-0.3, -0.25) is 9.69 Å². The maximum atomic E-state index is 10.6. The van der Waals surface area contributed by atoms with Crippen molar-refractivity contribution in [3.8, 4) is 0 Å². The first-order valence-electron chi connectivity index (χ1n) is 6.30. The number of carbonyl (C=O) groups is 1. The molecule has 4 heteroatoms. The van der Waals surface area contributed by atoms with Gasteiger partial charge in [0.05, 0.1) is 13.2 Å². The summed E-state index contributed by atoms with van der Waals surface area (Å²) in [7, 11) is 0. The van der Waals surface area contributed by atoms with Gasteiger partial charge in [0, 0.05) is 6.54 Å². The molecule has 4 nitrogen and oxygen atoms in total. The smallest absolute Gasteiger partial charge is 0.317 e. The molecule has 0 aromatic heterocycles.